The van der Waals surface area contributed by atoms with Gasteiger partial charge in [0.2, 0.25) is 0 Å². The highest BCUT2D eigenvalue weighted by Crippen LogP contribution is 2.44. The Morgan fingerprint density at radius 2 is 0.754 bits per heavy atom. The SMILES string of the molecule is c1ccc(-n2c(-c3ccc(-c4cc(-c5ccc(-c6nc7ccccc7n6-c6ccccc6)cc5)cc(-c5nc6ccccc6c6c5sc5ccccc56)c4)cc3)nc3ccccc32)cc1. The van der Waals surface area contributed by atoms with Crippen LogP contribution >= 0.6 is 11.3 Å². The van der Waals surface area contributed by atoms with Crippen LogP contribution in [0.4, 0.5) is 0 Å². The van der Waals surface area contributed by atoms with E-state index in [4.69, 9.17) is 15.0 Å². The molecule has 0 unspecified atom stereocenters. The van der Waals surface area contributed by atoms with Crippen molar-refractivity contribution in [2.75, 3.05) is 0 Å². The van der Waals surface area contributed by atoms with Gasteiger partial charge < -0.3 is 0 Å². The second kappa shape index (κ2) is 15.1. The van der Waals surface area contributed by atoms with Crippen LogP contribution in [-0.2, 0) is 0 Å². The van der Waals surface area contributed by atoms with Crippen molar-refractivity contribution in [3.8, 4) is 67.7 Å². The van der Waals surface area contributed by atoms with E-state index in [2.05, 4.69) is 221 Å². The molecule has 5 nitrogen and oxygen atoms in total. The minimum absolute atomic E-state index is 0.909. The van der Waals surface area contributed by atoms with E-state index in [1.807, 2.05) is 23.5 Å². The van der Waals surface area contributed by atoms with Gasteiger partial charge >= 0.3 is 0 Å². The van der Waals surface area contributed by atoms with E-state index in [0.29, 0.717) is 0 Å². The van der Waals surface area contributed by atoms with Crippen molar-refractivity contribution in [1.82, 2.24) is 24.1 Å². The van der Waals surface area contributed by atoms with E-state index < -0.39 is 0 Å². The number of pyridine rings is 1. The van der Waals surface area contributed by atoms with Gasteiger partial charge in [-0.3, -0.25) is 9.13 Å². The molecular weight excluding hydrogens is 811 g/mol. The number of aromatic nitrogens is 5. The molecule has 6 heteroatoms. The minimum atomic E-state index is 0.909. The molecule has 65 heavy (non-hydrogen) atoms. The molecule has 0 saturated carbocycles. The highest BCUT2D eigenvalue weighted by Gasteiger charge is 2.20. The predicted molar refractivity (Wildman–Crippen MR) is 271 cm³/mol. The number of hydrogen-bond donors (Lipinski definition) is 0. The quantitative estimate of drug-likeness (QED) is 0.161. The number of imidazole rings is 2. The normalized spacial score (nSPS) is 11.7. The van der Waals surface area contributed by atoms with Gasteiger partial charge in [-0.1, -0.05) is 146 Å². The maximum absolute atomic E-state index is 5.45. The molecule has 0 aliphatic rings. The molecular formula is C59H37N5S. The fraction of sp³-hybridized carbons (Fsp3) is 0. The lowest BCUT2D eigenvalue weighted by Gasteiger charge is -2.14. The Morgan fingerprint density at radius 3 is 1.31 bits per heavy atom. The van der Waals surface area contributed by atoms with Crippen LogP contribution in [0.25, 0.3) is 121 Å². The summed E-state index contributed by atoms with van der Waals surface area (Å²) in [5.41, 5.74) is 15.8. The number of hydrogen-bond acceptors (Lipinski definition) is 4. The zero-order valence-electron chi connectivity index (χ0n) is 35.0. The molecule has 13 aromatic rings. The van der Waals surface area contributed by atoms with E-state index in [0.717, 1.165) is 95.2 Å². The van der Waals surface area contributed by atoms with Gasteiger partial charge in [0.05, 0.1) is 38.0 Å². The zero-order valence-corrected chi connectivity index (χ0v) is 35.8. The van der Waals surface area contributed by atoms with Crippen molar-refractivity contribution in [3.63, 3.8) is 0 Å². The van der Waals surface area contributed by atoms with Crippen LogP contribution in [0.15, 0.2) is 224 Å². The lowest BCUT2D eigenvalue weighted by Crippen LogP contribution is -1.97. The molecule has 0 amide bonds. The molecule has 0 saturated heterocycles. The summed E-state index contributed by atoms with van der Waals surface area (Å²) in [6.07, 6.45) is 0. The highest BCUT2D eigenvalue weighted by atomic mass is 32.1. The van der Waals surface area contributed by atoms with E-state index in [1.54, 1.807) is 0 Å². The van der Waals surface area contributed by atoms with Crippen molar-refractivity contribution in [2.24, 2.45) is 0 Å². The monoisotopic (exact) mass is 847 g/mol. The van der Waals surface area contributed by atoms with Crippen LogP contribution in [0.2, 0.25) is 0 Å². The van der Waals surface area contributed by atoms with Crippen LogP contribution in [0.5, 0.6) is 0 Å². The number of thiophene rings is 1. The number of para-hydroxylation sites is 7. The van der Waals surface area contributed by atoms with E-state index in [1.165, 1.54) is 25.6 Å². The molecule has 0 atom stereocenters. The average Bonchev–Trinajstić information content (AvgIpc) is 4.09. The average molecular weight is 848 g/mol. The molecule has 0 aliphatic carbocycles. The van der Waals surface area contributed by atoms with Gasteiger partial charge in [0.1, 0.15) is 11.6 Å². The van der Waals surface area contributed by atoms with Crippen molar-refractivity contribution in [3.05, 3.63) is 224 Å². The largest absolute Gasteiger partial charge is 0.292 e. The third-order valence-electron chi connectivity index (χ3n) is 12.5. The second-order valence-electron chi connectivity index (χ2n) is 16.4. The first kappa shape index (κ1) is 37.1. The van der Waals surface area contributed by atoms with Crippen LogP contribution < -0.4 is 0 Å². The third-order valence-corrected chi connectivity index (χ3v) is 13.7. The van der Waals surface area contributed by atoms with E-state index in [-0.39, 0.29) is 0 Å². The molecule has 0 spiro atoms. The van der Waals surface area contributed by atoms with Gasteiger partial charge in [-0.2, -0.15) is 0 Å². The summed E-state index contributed by atoms with van der Waals surface area (Å²) in [7, 11) is 0. The van der Waals surface area contributed by atoms with Crippen LogP contribution in [-0.4, -0.2) is 24.1 Å². The Hall–Kier alpha value is -8.45. The molecule has 0 fully saturated rings. The van der Waals surface area contributed by atoms with Gasteiger partial charge in [-0.15, -0.1) is 11.3 Å². The second-order valence-corrected chi connectivity index (χ2v) is 17.5. The molecule has 0 N–H and O–H groups in total. The van der Waals surface area contributed by atoms with Crippen LogP contribution in [0, 0.1) is 0 Å². The highest BCUT2D eigenvalue weighted by molar-refractivity contribution is 7.26. The Bertz CT molecular complexity index is 3740. The lowest BCUT2D eigenvalue weighted by molar-refractivity contribution is 1.10. The summed E-state index contributed by atoms with van der Waals surface area (Å²) in [5.74, 6) is 1.82. The predicted octanol–water partition coefficient (Wildman–Crippen LogP) is 15.6. The van der Waals surface area contributed by atoms with Crippen LogP contribution in [0.1, 0.15) is 0 Å². The standard InChI is InChI=1S/C59H37N5S/c1-3-15-45(16-4-1)63-52-24-12-10-22-50(52)61-58(63)40-31-27-38(28-32-40)42-35-43(37-44(36-42)56-57-55(47-19-7-9-21-49(47)60-56)48-20-8-14-26-54(48)65-57)39-29-33-41(34-30-39)59-62-51-23-11-13-25-53(51)64(59)46-17-5-2-6-18-46/h1-37H. The maximum Gasteiger partial charge on any atom is 0.145 e. The van der Waals surface area contributed by atoms with Crippen molar-refractivity contribution >= 4 is 64.5 Å². The van der Waals surface area contributed by atoms with Gasteiger partial charge in [0, 0.05) is 48.9 Å². The molecule has 0 radical (unpaired) electrons. The van der Waals surface area contributed by atoms with Gasteiger partial charge in [-0.05, 0) is 101 Å². The summed E-state index contributed by atoms with van der Waals surface area (Å²) >= 11 is 1.82. The maximum atomic E-state index is 5.45. The summed E-state index contributed by atoms with van der Waals surface area (Å²) in [6.45, 7) is 0. The first-order chi connectivity index (χ1) is 32.2. The Labute approximate surface area is 378 Å². The summed E-state index contributed by atoms with van der Waals surface area (Å²) in [6, 6.07) is 79.6. The summed E-state index contributed by atoms with van der Waals surface area (Å²) in [4.78, 5) is 15.8. The molecule has 4 heterocycles. The van der Waals surface area contributed by atoms with Gasteiger partial charge in [-0.25, -0.2) is 15.0 Å². The zero-order chi connectivity index (χ0) is 42.8. The smallest absolute Gasteiger partial charge is 0.145 e. The topological polar surface area (TPSA) is 48.5 Å². The molecule has 4 aromatic heterocycles. The number of nitrogens with zero attached hydrogens (tertiary/aromatic N) is 5. The first-order valence-electron chi connectivity index (χ1n) is 21.8. The van der Waals surface area contributed by atoms with Crippen LogP contribution in [0.3, 0.4) is 0 Å². The van der Waals surface area contributed by atoms with Crippen molar-refractivity contribution < 1.29 is 0 Å². The Morgan fingerprint density at radius 1 is 0.323 bits per heavy atom. The van der Waals surface area contributed by atoms with Gasteiger partial charge in [0.25, 0.3) is 0 Å². The van der Waals surface area contributed by atoms with Crippen molar-refractivity contribution in [1.29, 1.82) is 0 Å². The number of fused-ring (bicyclic) bond motifs is 7. The molecule has 0 aliphatic heterocycles. The lowest BCUT2D eigenvalue weighted by atomic mass is 9.93. The fourth-order valence-corrected chi connectivity index (χ4v) is 10.7. The molecule has 304 valence electrons. The Balaban J connectivity index is 0.978. The third kappa shape index (κ3) is 6.26. The Kier molecular flexibility index (Phi) is 8.64. The van der Waals surface area contributed by atoms with E-state index >= 15 is 0 Å². The van der Waals surface area contributed by atoms with E-state index in [9.17, 15) is 0 Å². The van der Waals surface area contributed by atoms with Crippen molar-refractivity contribution in [2.45, 2.75) is 0 Å². The number of benzene rings is 9. The minimum Gasteiger partial charge on any atom is -0.292 e. The molecule has 0 bridgehead atoms. The van der Waals surface area contributed by atoms with Gasteiger partial charge in [0.15, 0.2) is 0 Å². The first-order valence-corrected chi connectivity index (χ1v) is 22.7. The molecule has 9 aromatic carbocycles. The summed E-state index contributed by atoms with van der Waals surface area (Å²) < 4.78 is 6.96. The summed E-state index contributed by atoms with van der Waals surface area (Å²) in [5, 5.41) is 3.70. The number of rotatable bonds is 7. The molecule has 13 rings (SSSR count). The fourth-order valence-electron chi connectivity index (χ4n) is 9.47.